The third kappa shape index (κ3) is 5.05. The molecule has 0 aromatic rings. The van der Waals surface area contributed by atoms with Crippen molar-refractivity contribution in [3.05, 3.63) is 0 Å². The van der Waals surface area contributed by atoms with Crippen molar-refractivity contribution in [3.8, 4) is 0 Å². The Kier molecular flexibility index (Phi) is 4.78. The molecule has 0 rings (SSSR count). The molecule has 0 saturated heterocycles. The van der Waals surface area contributed by atoms with Crippen molar-refractivity contribution >= 4 is 14.4 Å². The monoisotopic (exact) mass is 263 g/mol. The van der Waals surface area contributed by atoms with Gasteiger partial charge in [0.1, 0.15) is 5.60 Å². The van der Waals surface area contributed by atoms with Crippen LogP contribution in [0.25, 0.3) is 0 Å². The zero-order valence-corrected chi connectivity index (χ0v) is 13.1. The molecule has 6 heteroatoms. The first kappa shape index (κ1) is 16.4. The van der Waals surface area contributed by atoms with E-state index in [9.17, 15) is 10.0 Å². The summed E-state index contributed by atoms with van der Waals surface area (Å²) in [7, 11) is -2.28. The first-order valence-electron chi connectivity index (χ1n) is 5.67. The molecule has 0 aliphatic heterocycles. The van der Waals surface area contributed by atoms with E-state index in [2.05, 4.69) is 0 Å². The van der Waals surface area contributed by atoms with Gasteiger partial charge in [-0.3, -0.25) is 5.21 Å². The van der Waals surface area contributed by atoms with Crippen LogP contribution in [0.2, 0.25) is 18.1 Å². The van der Waals surface area contributed by atoms with Crippen LogP contribution in [0, 0.1) is 0 Å². The van der Waals surface area contributed by atoms with E-state index in [1.165, 1.54) is 0 Å². The molecule has 0 atom stereocenters. The molecular weight excluding hydrogens is 238 g/mol. The molecule has 0 aliphatic rings. The summed E-state index contributed by atoms with van der Waals surface area (Å²) in [6, 6.07) is 0. The first-order valence-corrected chi connectivity index (χ1v) is 8.62. The Morgan fingerprint density at radius 3 is 1.82 bits per heavy atom. The summed E-state index contributed by atoms with van der Waals surface area (Å²) in [5.41, 5.74) is -0.634. The number of carbonyl (C=O) groups excluding carboxylic acids is 1. The number of hydrogen-bond donors (Lipinski definition) is 1. The molecule has 0 saturated carbocycles. The molecular formula is C11H25NO4Si. The van der Waals surface area contributed by atoms with Crippen LogP contribution in [0.3, 0.4) is 0 Å². The minimum Gasteiger partial charge on any atom is -0.427 e. The van der Waals surface area contributed by atoms with Gasteiger partial charge in [0.05, 0.1) is 0 Å². The molecule has 0 aromatic heterocycles. The van der Waals surface area contributed by atoms with Gasteiger partial charge in [-0.15, -0.1) is 0 Å². The summed E-state index contributed by atoms with van der Waals surface area (Å²) in [6.45, 7) is 15.0. The van der Waals surface area contributed by atoms with Gasteiger partial charge in [0.15, 0.2) is 0 Å². The Hall–Kier alpha value is -0.593. The van der Waals surface area contributed by atoms with Crippen molar-refractivity contribution in [2.24, 2.45) is 0 Å². The fourth-order valence-corrected chi connectivity index (χ4v) is 1.62. The molecule has 102 valence electrons. The second-order valence-corrected chi connectivity index (χ2v) is 11.6. The first-order chi connectivity index (χ1) is 7.27. The summed E-state index contributed by atoms with van der Waals surface area (Å²) in [5, 5.41) is 9.72. The lowest BCUT2D eigenvalue weighted by Gasteiger charge is -2.39. The van der Waals surface area contributed by atoms with Gasteiger partial charge in [-0.25, -0.2) is 4.79 Å². The fourth-order valence-electron chi connectivity index (χ4n) is 0.740. The maximum absolute atomic E-state index is 11.4. The Morgan fingerprint density at radius 1 is 1.12 bits per heavy atom. The van der Waals surface area contributed by atoms with Crippen molar-refractivity contribution in [2.45, 2.75) is 65.3 Å². The van der Waals surface area contributed by atoms with Crippen LogP contribution in [-0.4, -0.2) is 30.1 Å². The third-order valence-corrected chi connectivity index (χ3v) is 7.58. The highest BCUT2D eigenvalue weighted by atomic mass is 28.3. The van der Waals surface area contributed by atoms with Crippen LogP contribution in [0.5, 0.6) is 0 Å². The zero-order valence-electron chi connectivity index (χ0n) is 12.1. The Morgan fingerprint density at radius 2 is 1.53 bits per heavy atom. The zero-order chi connectivity index (χ0) is 14.1. The van der Waals surface area contributed by atoms with Crippen LogP contribution < -0.4 is 0 Å². The lowest BCUT2D eigenvalue weighted by atomic mass is 10.2. The van der Waals surface area contributed by atoms with E-state index >= 15 is 0 Å². The topological polar surface area (TPSA) is 59.0 Å². The van der Waals surface area contributed by atoms with Crippen molar-refractivity contribution in [2.75, 3.05) is 0 Å². The van der Waals surface area contributed by atoms with Gasteiger partial charge in [-0.2, -0.15) is 0 Å². The molecule has 0 heterocycles. The summed E-state index contributed by atoms with van der Waals surface area (Å²) in [5.74, 6) is 0. The van der Waals surface area contributed by atoms with Gasteiger partial charge in [0, 0.05) is 0 Å². The van der Waals surface area contributed by atoms with E-state index in [-0.39, 0.29) is 5.04 Å². The number of hydrogen-bond acceptors (Lipinski definition) is 5. The molecule has 0 fully saturated rings. The molecule has 1 N–H and O–H groups in total. The molecule has 0 spiro atoms. The summed E-state index contributed by atoms with van der Waals surface area (Å²) >= 11 is 0. The lowest BCUT2D eigenvalue weighted by Crippen LogP contribution is -2.54. The van der Waals surface area contributed by atoms with Gasteiger partial charge in [-0.05, 0) is 25.8 Å². The van der Waals surface area contributed by atoms with E-state index in [1.54, 1.807) is 20.8 Å². The predicted octanol–water partition coefficient (Wildman–Crippen LogP) is 3.55. The average molecular weight is 263 g/mol. The van der Waals surface area contributed by atoms with Crippen LogP contribution in [0.15, 0.2) is 0 Å². The van der Waals surface area contributed by atoms with Crippen molar-refractivity contribution < 1.29 is 19.6 Å². The maximum Gasteiger partial charge on any atom is 0.529 e. The van der Waals surface area contributed by atoms with E-state index in [1.807, 2.05) is 33.9 Å². The standard InChI is InChI=1S/C11H25NO4Si/c1-10(2,3)15-9(13)16-12(14)17(7,8)11(4,5)6/h14H,1-8H3. The summed E-state index contributed by atoms with van der Waals surface area (Å²) < 4.78 is 4.98. The highest BCUT2D eigenvalue weighted by Gasteiger charge is 2.44. The second-order valence-electron chi connectivity index (χ2n) is 6.64. The maximum atomic E-state index is 11.4. The third-order valence-electron chi connectivity index (χ3n) is 2.86. The number of rotatable bonds is 2. The van der Waals surface area contributed by atoms with Gasteiger partial charge >= 0.3 is 6.16 Å². The molecule has 0 amide bonds. The van der Waals surface area contributed by atoms with Crippen LogP contribution in [-0.2, 0) is 9.57 Å². The highest BCUT2D eigenvalue weighted by molar-refractivity contribution is 6.76. The average Bonchev–Trinajstić information content (AvgIpc) is 1.97. The Bertz CT molecular complexity index is 278. The number of nitrogens with zero attached hydrogens (tertiary/aromatic N) is 1. The van der Waals surface area contributed by atoms with Crippen LogP contribution in [0.4, 0.5) is 4.79 Å². The van der Waals surface area contributed by atoms with Gasteiger partial charge < -0.3 is 9.57 Å². The number of ether oxygens (including phenoxy) is 1. The number of carbonyl (C=O) groups is 1. The fraction of sp³-hybridized carbons (Fsp3) is 0.909. The van der Waals surface area contributed by atoms with Crippen LogP contribution >= 0.6 is 0 Å². The molecule has 0 aliphatic carbocycles. The summed E-state index contributed by atoms with van der Waals surface area (Å²) in [4.78, 5) is 16.9. The molecule has 5 nitrogen and oxygen atoms in total. The van der Waals surface area contributed by atoms with Crippen LogP contribution in [0.1, 0.15) is 41.5 Å². The minimum atomic E-state index is -2.28. The molecule has 0 bridgehead atoms. The summed E-state index contributed by atoms with van der Waals surface area (Å²) in [6.07, 6.45) is -0.884. The smallest absolute Gasteiger partial charge is 0.427 e. The van der Waals surface area contributed by atoms with Gasteiger partial charge in [-0.1, -0.05) is 38.8 Å². The van der Waals surface area contributed by atoms with Crippen molar-refractivity contribution in [1.82, 2.24) is 4.89 Å². The largest absolute Gasteiger partial charge is 0.529 e. The van der Waals surface area contributed by atoms with Gasteiger partial charge in [0.25, 0.3) is 0 Å². The second kappa shape index (κ2) is 4.95. The lowest BCUT2D eigenvalue weighted by molar-refractivity contribution is -0.257. The van der Waals surface area contributed by atoms with E-state index in [0.29, 0.717) is 4.89 Å². The van der Waals surface area contributed by atoms with E-state index in [4.69, 9.17) is 9.57 Å². The highest BCUT2D eigenvalue weighted by Crippen LogP contribution is 2.37. The molecule has 0 unspecified atom stereocenters. The Balaban J connectivity index is 4.56. The predicted molar refractivity (Wildman–Crippen MR) is 68.1 cm³/mol. The normalized spacial score (nSPS) is 13.8. The molecule has 0 radical (unpaired) electrons. The SMILES string of the molecule is CC(C)(C)OC(=O)ON(O)[Si](C)(C)C(C)(C)C. The van der Waals surface area contributed by atoms with Gasteiger partial charge in [0.2, 0.25) is 8.24 Å². The molecule has 17 heavy (non-hydrogen) atoms. The van der Waals surface area contributed by atoms with E-state index < -0.39 is 20.0 Å². The quantitative estimate of drug-likeness (QED) is 0.469. The Labute approximate surface area is 105 Å². The van der Waals surface area contributed by atoms with Crippen molar-refractivity contribution in [1.29, 1.82) is 0 Å². The van der Waals surface area contributed by atoms with Crippen molar-refractivity contribution in [3.63, 3.8) is 0 Å². The minimum absolute atomic E-state index is 0.135. The van der Waals surface area contributed by atoms with E-state index in [0.717, 1.165) is 0 Å². The molecule has 0 aromatic carbocycles.